The Kier molecular flexibility index (Phi) is 4.74. The molecule has 0 saturated carbocycles. The lowest BCUT2D eigenvalue weighted by Crippen LogP contribution is -2.24. The van der Waals surface area contributed by atoms with Gasteiger partial charge in [-0.15, -0.1) is 0 Å². The predicted molar refractivity (Wildman–Crippen MR) is 76.3 cm³/mol. The summed E-state index contributed by atoms with van der Waals surface area (Å²) in [6.45, 7) is 5.38. The highest BCUT2D eigenvalue weighted by atomic mass is 19.1. The van der Waals surface area contributed by atoms with Crippen molar-refractivity contribution in [2.24, 2.45) is 0 Å². The van der Waals surface area contributed by atoms with Crippen LogP contribution in [0, 0.1) is 12.7 Å². The van der Waals surface area contributed by atoms with Crippen LogP contribution in [0.15, 0.2) is 30.6 Å². The smallest absolute Gasteiger partial charge is 0.131 e. The van der Waals surface area contributed by atoms with Crippen molar-refractivity contribution in [3.8, 4) is 5.75 Å². The number of halogens is 1. The van der Waals surface area contributed by atoms with Crippen molar-refractivity contribution in [3.63, 3.8) is 0 Å². The minimum absolute atomic E-state index is 0.122. The first-order chi connectivity index (χ1) is 9.61. The standard InChI is InChI=1S/C15H20FN3O/c1-11-9-18-19(10-11)8-7-17-12(2)15-13(16)5-4-6-14(15)20-3/h4-6,9-10,12,17H,7-8H2,1-3H3. The van der Waals surface area contributed by atoms with Crippen LogP contribution in [0.2, 0.25) is 0 Å². The predicted octanol–water partition coefficient (Wildman–Crippen LogP) is 2.69. The minimum Gasteiger partial charge on any atom is -0.496 e. The molecule has 0 fully saturated rings. The Labute approximate surface area is 118 Å². The number of nitrogens with zero attached hydrogens (tertiary/aromatic N) is 2. The zero-order valence-electron chi connectivity index (χ0n) is 12.1. The van der Waals surface area contributed by atoms with Gasteiger partial charge in [-0.1, -0.05) is 6.07 Å². The topological polar surface area (TPSA) is 39.1 Å². The summed E-state index contributed by atoms with van der Waals surface area (Å²) in [6.07, 6.45) is 3.80. The first-order valence-electron chi connectivity index (χ1n) is 6.66. The fourth-order valence-electron chi connectivity index (χ4n) is 2.20. The minimum atomic E-state index is -0.251. The van der Waals surface area contributed by atoms with Crippen molar-refractivity contribution < 1.29 is 9.13 Å². The number of methoxy groups -OCH3 is 1. The Bertz CT molecular complexity index is 568. The maximum atomic E-state index is 13.9. The second kappa shape index (κ2) is 6.52. The van der Waals surface area contributed by atoms with Gasteiger partial charge in [0.05, 0.1) is 19.9 Å². The van der Waals surface area contributed by atoms with Gasteiger partial charge < -0.3 is 10.1 Å². The summed E-state index contributed by atoms with van der Waals surface area (Å²) >= 11 is 0. The Morgan fingerprint density at radius 2 is 2.25 bits per heavy atom. The van der Waals surface area contributed by atoms with Crippen LogP contribution in [0.25, 0.3) is 0 Å². The van der Waals surface area contributed by atoms with E-state index in [-0.39, 0.29) is 11.9 Å². The van der Waals surface area contributed by atoms with Gasteiger partial charge in [-0.05, 0) is 31.5 Å². The third-order valence-corrected chi connectivity index (χ3v) is 3.22. The van der Waals surface area contributed by atoms with Crippen molar-refractivity contribution in [2.75, 3.05) is 13.7 Å². The summed E-state index contributed by atoms with van der Waals surface area (Å²) < 4.78 is 21.0. The second-order valence-electron chi connectivity index (χ2n) is 4.81. The summed E-state index contributed by atoms with van der Waals surface area (Å²) in [5, 5.41) is 7.51. The zero-order valence-corrected chi connectivity index (χ0v) is 12.1. The molecule has 0 amide bonds. The number of hydrogen-bond donors (Lipinski definition) is 1. The van der Waals surface area contributed by atoms with Crippen molar-refractivity contribution in [3.05, 3.63) is 47.5 Å². The molecule has 5 heteroatoms. The van der Waals surface area contributed by atoms with Crippen LogP contribution >= 0.6 is 0 Å². The molecule has 1 N–H and O–H groups in total. The van der Waals surface area contributed by atoms with Crippen LogP contribution in [0.5, 0.6) is 5.75 Å². The molecule has 0 bridgehead atoms. The van der Waals surface area contributed by atoms with E-state index < -0.39 is 0 Å². The highest BCUT2D eigenvalue weighted by Crippen LogP contribution is 2.27. The van der Waals surface area contributed by atoms with Crippen LogP contribution < -0.4 is 10.1 Å². The quantitative estimate of drug-likeness (QED) is 0.882. The van der Waals surface area contributed by atoms with Crippen molar-refractivity contribution in [1.82, 2.24) is 15.1 Å². The fourth-order valence-corrected chi connectivity index (χ4v) is 2.20. The highest BCUT2D eigenvalue weighted by molar-refractivity contribution is 5.36. The van der Waals surface area contributed by atoms with Gasteiger partial charge in [0, 0.05) is 24.3 Å². The molecule has 0 aliphatic carbocycles. The summed E-state index contributed by atoms with van der Waals surface area (Å²) in [7, 11) is 1.55. The second-order valence-corrected chi connectivity index (χ2v) is 4.81. The SMILES string of the molecule is COc1cccc(F)c1C(C)NCCn1cc(C)cn1. The van der Waals surface area contributed by atoms with E-state index >= 15 is 0 Å². The molecule has 0 saturated heterocycles. The van der Waals surface area contributed by atoms with E-state index in [2.05, 4.69) is 10.4 Å². The number of ether oxygens (including phenoxy) is 1. The maximum Gasteiger partial charge on any atom is 0.131 e. The first-order valence-corrected chi connectivity index (χ1v) is 6.66. The molecule has 2 aromatic rings. The van der Waals surface area contributed by atoms with Gasteiger partial charge in [0.1, 0.15) is 11.6 Å². The van der Waals surface area contributed by atoms with E-state index in [1.807, 2.05) is 30.9 Å². The Balaban J connectivity index is 1.96. The number of benzene rings is 1. The van der Waals surface area contributed by atoms with Gasteiger partial charge in [0.2, 0.25) is 0 Å². The van der Waals surface area contributed by atoms with Gasteiger partial charge in [-0.2, -0.15) is 5.10 Å². The van der Waals surface area contributed by atoms with E-state index in [1.54, 1.807) is 19.2 Å². The average molecular weight is 277 g/mol. The van der Waals surface area contributed by atoms with Crippen LogP contribution in [-0.2, 0) is 6.54 Å². The van der Waals surface area contributed by atoms with Crippen LogP contribution in [0.1, 0.15) is 24.1 Å². The molecule has 4 nitrogen and oxygen atoms in total. The highest BCUT2D eigenvalue weighted by Gasteiger charge is 2.15. The van der Waals surface area contributed by atoms with Gasteiger partial charge in [0.25, 0.3) is 0 Å². The van der Waals surface area contributed by atoms with Crippen LogP contribution in [0.3, 0.4) is 0 Å². The molecule has 0 spiro atoms. The molecule has 0 aliphatic rings. The third-order valence-electron chi connectivity index (χ3n) is 3.22. The van der Waals surface area contributed by atoms with E-state index in [0.717, 1.165) is 12.1 Å². The maximum absolute atomic E-state index is 13.9. The summed E-state index contributed by atoms with van der Waals surface area (Å²) in [6, 6.07) is 4.75. The lowest BCUT2D eigenvalue weighted by Gasteiger charge is -2.18. The molecule has 1 unspecified atom stereocenters. The molecule has 0 radical (unpaired) electrons. The van der Waals surface area contributed by atoms with E-state index in [9.17, 15) is 4.39 Å². The molecule has 108 valence electrons. The number of nitrogens with one attached hydrogen (secondary N) is 1. The molecule has 1 heterocycles. The number of aromatic nitrogens is 2. The molecule has 2 rings (SSSR count). The number of aryl methyl sites for hydroxylation is 1. The third kappa shape index (κ3) is 3.36. The number of hydrogen-bond acceptors (Lipinski definition) is 3. The van der Waals surface area contributed by atoms with Crippen LogP contribution in [-0.4, -0.2) is 23.4 Å². The molecule has 1 atom stereocenters. The Morgan fingerprint density at radius 3 is 2.90 bits per heavy atom. The van der Waals surface area contributed by atoms with Gasteiger partial charge >= 0.3 is 0 Å². The molecular weight excluding hydrogens is 257 g/mol. The van der Waals surface area contributed by atoms with Crippen molar-refractivity contribution in [2.45, 2.75) is 26.4 Å². The zero-order chi connectivity index (χ0) is 14.5. The Morgan fingerprint density at radius 1 is 1.45 bits per heavy atom. The van der Waals surface area contributed by atoms with E-state index in [0.29, 0.717) is 17.9 Å². The molecule has 1 aromatic carbocycles. The monoisotopic (exact) mass is 277 g/mol. The lowest BCUT2D eigenvalue weighted by molar-refractivity contribution is 0.392. The van der Waals surface area contributed by atoms with Gasteiger partial charge in [-0.25, -0.2) is 4.39 Å². The summed E-state index contributed by atoms with van der Waals surface area (Å²) in [4.78, 5) is 0. The Hall–Kier alpha value is -1.88. The van der Waals surface area contributed by atoms with Crippen LogP contribution in [0.4, 0.5) is 4.39 Å². The normalized spacial score (nSPS) is 12.4. The van der Waals surface area contributed by atoms with E-state index in [1.165, 1.54) is 6.07 Å². The molecular formula is C15H20FN3O. The van der Waals surface area contributed by atoms with Gasteiger partial charge in [-0.3, -0.25) is 4.68 Å². The molecule has 0 aliphatic heterocycles. The first kappa shape index (κ1) is 14.5. The lowest BCUT2D eigenvalue weighted by atomic mass is 10.1. The van der Waals surface area contributed by atoms with Gasteiger partial charge in [0.15, 0.2) is 0 Å². The molecule has 20 heavy (non-hydrogen) atoms. The largest absolute Gasteiger partial charge is 0.496 e. The van der Waals surface area contributed by atoms with E-state index in [4.69, 9.17) is 4.74 Å². The fraction of sp³-hybridized carbons (Fsp3) is 0.400. The summed E-state index contributed by atoms with van der Waals surface area (Å²) in [5.74, 6) is 0.319. The van der Waals surface area contributed by atoms with Crippen molar-refractivity contribution >= 4 is 0 Å². The summed E-state index contributed by atoms with van der Waals surface area (Å²) in [5.41, 5.74) is 1.69. The average Bonchev–Trinajstić information content (AvgIpc) is 2.83. The van der Waals surface area contributed by atoms with Crippen molar-refractivity contribution in [1.29, 1.82) is 0 Å². The molecule has 1 aromatic heterocycles. The number of rotatable bonds is 6.